The Balaban J connectivity index is 2.43. The minimum atomic E-state index is -1.28. The van der Waals surface area contributed by atoms with Gasteiger partial charge in [-0.25, -0.2) is 9.59 Å². The summed E-state index contributed by atoms with van der Waals surface area (Å²) in [5.74, 6) is -1.65. The molecule has 7 nitrogen and oxygen atoms in total. The number of carbonyl (C=O) groups is 3. The fraction of sp³-hybridized carbons (Fsp3) is 0.312. The Morgan fingerprint density at radius 2 is 1.91 bits per heavy atom. The van der Waals surface area contributed by atoms with E-state index in [9.17, 15) is 14.4 Å². The number of hydrogen-bond acceptors (Lipinski definition) is 5. The van der Waals surface area contributed by atoms with E-state index in [4.69, 9.17) is 9.84 Å². The summed E-state index contributed by atoms with van der Waals surface area (Å²) in [6.07, 6.45) is 1.39. The van der Waals surface area contributed by atoms with Crippen molar-refractivity contribution in [1.29, 1.82) is 0 Å². The van der Waals surface area contributed by atoms with Crippen LogP contribution in [-0.4, -0.2) is 30.2 Å². The zero-order chi connectivity index (χ0) is 17.1. The van der Waals surface area contributed by atoms with Gasteiger partial charge in [-0.15, -0.1) is 0 Å². The lowest BCUT2D eigenvalue weighted by Gasteiger charge is -2.07. The molecule has 0 atom stereocenters. The van der Waals surface area contributed by atoms with Gasteiger partial charge >= 0.3 is 18.0 Å². The highest BCUT2D eigenvalue weighted by Gasteiger charge is 2.12. The van der Waals surface area contributed by atoms with Gasteiger partial charge in [-0.05, 0) is 18.4 Å². The molecule has 0 heterocycles. The van der Waals surface area contributed by atoms with Crippen molar-refractivity contribution in [2.75, 3.05) is 7.11 Å². The number of allylic oxidation sites excluding steroid dienone is 1. The van der Waals surface area contributed by atoms with Crippen LogP contribution in [0.25, 0.3) is 0 Å². The number of carboxylic acid groups (broad SMARTS) is 1. The van der Waals surface area contributed by atoms with Crippen LogP contribution in [-0.2, 0) is 25.7 Å². The number of methoxy groups -OCH3 is 1. The number of unbranched alkanes of at least 4 members (excludes halogenated alkanes) is 1. The van der Waals surface area contributed by atoms with E-state index in [0.717, 1.165) is 5.56 Å². The SMILES string of the molecule is COC(=O)CCC/C=C(/NC(=O)OCc1ccccc1)C(=O)O. The molecule has 1 aromatic rings. The fourth-order valence-electron chi connectivity index (χ4n) is 1.66. The predicted octanol–water partition coefficient (Wildman–Crippen LogP) is 2.22. The summed E-state index contributed by atoms with van der Waals surface area (Å²) in [5.41, 5.74) is 0.509. The first-order valence-corrected chi connectivity index (χ1v) is 7.01. The minimum Gasteiger partial charge on any atom is -0.477 e. The highest BCUT2D eigenvalue weighted by atomic mass is 16.5. The van der Waals surface area contributed by atoms with Crippen LogP contribution in [0.15, 0.2) is 42.1 Å². The number of rotatable bonds is 8. The second-order valence-corrected chi connectivity index (χ2v) is 4.58. The third-order valence-corrected chi connectivity index (χ3v) is 2.84. The molecule has 0 aliphatic carbocycles. The maximum absolute atomic E-state index is 11.6. The molecule has 0 spiro atoms. The number of hydrogen-bond donors (Lipinski definition) is 2. The number of esters is 1. The van der Waals surface area contributed by atoms with Gasteiger partial charge in [0.1, 0.15) is 12.3 Å². The molecule has 0 saturated heterocycles. The van der Waals surface area contributed by atoms with Crippen molar-refractivity contribution in [1.82, 2.24) is 5.32 Å². The summed E-state index contributed by atoms with van der Waals surface area (Å²) < 4.78 is 9.42. The highest BCUT2D eigenvalue weighted by molar-refractivity contribution is 5.90. The second-order valence-electron chi connectivity index (χ2n) is 4.58. The molecule has 2 N–H and O–H groups in total. The van der Waals surface area contributed by atoms with Gasteiger partial charge in [0, 0.05) is 6.42 Å². The highest BCUT2D eigenvalue weighted by Crippen LogP contribution is 2.04. The normalized spacial score (nSPS) is 10.7. The lowest BCUT2D eigenvalue weighted by Crippen LogP contribution is -2.27. The summed E-state index contributed by atoms with van der Waals surface area (Å²) in [6, 6.07) is 9.02. The first-order chi connectivity index (χ1) is 11.0. The Bertz CT molecular complexity index is 567. The molecule has 1 rings (SSSR count). The van der Waals surface area contributed by atoms with Crippen LogP contribution in [0.2, 0.25) is 0 Å². The molecule has 23 heavy (non-hydrogen) atoms. The van der Waals surface area contributed by atoms with Crippen LogP contribution >= 0.6 is 0 Å². The van der Waals surface area contributed by atoms with E-state index in [0.29, 0.717) is 12.8 Å². The number of nitrogens with one attached hydrogen (secondary N) is 1. The number of carboxylic acids is 1. The van der Waals surface area contributed by atoms with Gasteiger partial charge in [-0.1, -0.05) is 36.4 Å². The Morgan fingerprint density at radius 3 is 2.52 bits per heavy atom. The number of amides is 1. The Hall–Kier alpha value is -2.83. The molecule has 7 heteroatoms. The smallest absolute Gasteiger partial charge is 0.412 e. The maximum atomic E-state index is 11.6. The van der Waals surface area contributed by atoms with Crippen LogP contribution in [0.4, 0.5) is 4.79 Å². The van der Waals surface area contributed by atoms with E-state index in [1.807, 2.05) is 6.07 Å². The third-order valence-electron chi connectivity index (χ3n) is 2.84. The van der Waals surface area contributed by atoms with Crippen LogP contribution in [0, 0.1) is 0 Å². The molecule has 0 unspecified atom stereocenters. The van der Waals surface area contributed by atoms with Crippen molar-refractivity contribution < 1.29 is 29.0 Å². The quantitative estimate of drug-likeness (QED) is 0.432. The van der Waals surface area contributed by atoms with Crippen LogP contribution in [0.3, 0.4) is 0 Å². The van der Waals surface area contributed by atoms with Gasteiger partial charge < -0.3 is 14.6 Å². The standard InChI is InChI=1S/C16H19NO6/c1-22-14(18)10-6-5-9-13(15(19)20)17-16(21)23-11-12-7-3-2-4-8-12/h2-4,7-9H,5-6,10-11H2,1H3,(H,17,21)(H,19,20)/b13-9+. The predicted molar refractivity (Wildman–Crippen MR) is 81.3 cm³/mol. The van der Waals surface area contributed by atoms with Crippen molar-refractivity contribution in [2.45, 2.75) is 25.9 Å². The van der Waals surface area contributed by atoms with Crippen LogP contribution in [0.5, 0.6) is 0 Å². The number of aliphatic carboxylic acids is 1. The van der Waals surface area contributed by atoms with E-state index in [1.165, 1.54) is 13.2 Å². The minimum absolute atomic E-state index is 0.0436. The van der Waals surface area contributed by atoms with E-state index in [1.54, 1.807) is 24.3 Å². The van der Waals surface area contributed by atoms with E-state index in [-0.39, 0.29) is 24.7 Å². The van der Waals surface area contributed by atoms with Gasteiger partial charge in [0.05, 0.1) is 7.11 Å². The first kappa shape index (κ1) is 18.2. The first-order valence-electron chi connectivity index (χ1n) is 7.01. The van der Waals surface area contributed by atoms with Gasteiger partial charge in [0.15, 0.2) is 0 Å². The number of ether oxygens (including phenoxy) is 2. The number of benzene rings is 1. The van der Waals surface area contributed by atoms with Gasteiger partial charge in [0.25, 0.3) is 0 Å². The summed E-state index contributed by atoms with van der Waals surface area (Å²) in [5, 5.41) is 11.2. The lowest BCUT2D eigenvalue weighted by molar-refractivity contribution is -0.140. The molecular formula is C16H19NO6. The van der Waals surface area contributed by atoms with Crippen molar-refractivity contribution in [2.24, 2.45) is 0 Å². The molecular weight excluding hydrogens is 302 g/mol. The second kappa shape index (κ2) is 9.99. The van der Waals surface area contributed by atoms with Crippen molar-refractivity contribution in [3.05, 3.63) is 47.7 Å². The molecule has 0 fully saturated rings. The molecule has 124 valence electrons. The summed E-state index contributed by atoms with van der Waals surface area (Å²) >= 11 is 0. The van der Waals surface area contributed by atoms with Crippen LogP contribution < -0.4 is 5.32 Å². The van der Waals surface area contributed by atoms with E-state index < -0.39 is 12.1 Å². The van der Waals surface area contributed by atoms with Crippen LogP contribution in [0.1, 0.15) is 24.8 Å². The molecule has 0 aliphatic heterocycles. The summed E-state index contributed by atoms with van der Waals surface area (Å²) in [7, 11) is 1.28. The molecule has 0 bridgehead atoms. The maximum Gasteiger partial charge on any atom is 0.412 e. The zero-order valence-corrected chi connectivity index (χ0v) is 12.8. The zero-order valence-electron chi connectivity index (χ0n) is 12.8. The fourth-order valence-corrected chi connectivity index (χ4v) is 1.66. The Kier molecular flexibility index (Phi) is 7.91. The monoisotopic (exact) mass is 321 g/mol. The topological polar surface area (TPSA) is 102 Å². The van der Waals surface area contributed by atoms with E-state index in [2.05, 4.69) is 10.1 Å². The average Bonchev–Trinajstić information content (AvgIpc) is 2.56. The summed E-state index contributed by atoms with van der Waals surface area (Å²) in [6.45, 7) is 0.0436. The lowest BCUT2D eigenvalue weighted by atomic mass is 10.2. The number of carbonyl (C=O) groups excluding carboxylic acids is 2. The van der Waals surface area contributed by atoms with Crippen molar-refractivity contribution in [3.8, 4) is 0 Å². The largest absolute Gasteiger partial charge is 0.477 e. The molecule has 0 radical (unpaired) electrons. The average molecular weight is 321 g/mol. The van der Waals surface area contributed by atoms with Gasteiger partial charge in [-0.2, -0.15) is 0 Å². The molecule has 0 aromatic heterocycles. The molecule has 0 saturated carbocycles. The molecule has 1 aromatic carbocycles. The Labute approximate surface area is 133 Å². The van der Waals surface area contributed by atoms with Crippen molar-refractivity contribution >= 4 is 18.0 Å². The van der Waals surface area contributed by atoms with Gasteiger partial charge in [-0.3, -0.25) is 10.1 Å². The molecule has 1 amide bonds. The van der Waals surface area contributed by atoms with Crippen molar-refractivity contribution in [3.63, 3.8) is 0 Å². The summed E-state index contributed by atoms with van der Waals surface area (Å²) in [4.78, 5) is 33.6. The van der Waals surface area contributed by atoms with E-state index >= 15 is 0 Å². The Morgan fingerprint density at radius 1 is 1.22 bits per heavy atom. The molecule has 0 aliphatic rings. The third kappa shape index (κ3) is 7.66. The van der Waals surface area contributed by atoms with Gasteiger partial charge in [0.2, 0.25) is 0 Å². The number of alkyl carbamates (subject to hydrolysis) is 1.